The molecule has 0 fully saturated rings. The van der Waals surface area contributed by atoms with Gasteiger partial charge in [-0.25, -0.2) is 5.43 Å². The zero-order valence-electron chi connectivity index (χ0n) is 13.8. The van der Waals surface area contributed by atoms with E-state index >= 15 is 0 Å². The van der Waals surface area contributed by atoms with Gasteiger partial charge < -0.3 is 0 Å². The Bertz CT molecular complexity index is 639. The van der Waals surface area contributed by atoms with Crippen LogP contribution < -0.4 is 10.9 Å². The normalized spacial score (nSPS) is 14.5. The molecule has 0 aliphatic heterocycles. The van der Waals surface area contributed by atoms with Gasteiger partial charge in [0.2, 0.25) is 0 Å². The molecule has 0 aromatic heterocycles. The minimum atomic E-state index is -0.395. The molecule has 120 valence electrons. The van der Waals surface area contributed by atoms with Gasteiger partial charge in [-0.05, 0) is 30.0 Å². The summed E-state index contributed by atoms with van der Waals surface area (Å²) in [5, 5.41) is 0. The monoisotopic (exact) mass is 308 g/mol. The molecule has 2 atom stereocenters. The Kier molecular flexibility index (Phi) is 5.72. The highest BCUT2D eigenvalue weighted by atomic mass is 16.2. The molecule has 0 radical (unpaired) electrons. The molecule has 2 aromatic rings. The quantitative estimate of drug-likeness (QED) is 0.598. The van der Waals surface area contributed by atoms with E-state index in [1.807, 2.05) is 42.5 Å². The Morgan fingerprint density at radius 2 is 1.70 bits per heavy atom. The number of nitrogens with one attached hydrogen (secondary N) is 2. The van der Waals surface area contributed by atoms with Crippen molar-refractivity contribution in [2.24, 2.45) is 5.92 Å². The van der Waals surface area contributed by atoms with E-state index in [1.165, 1.54) is 0 Å². The molecule has 0 saturated carbocycles. The molecule has 0 bridgehead atoms. The van der Waals surface area contributed by atoms with E-state index in [4.69, 9.17) is 0 Å². The van der Waals surface area contributed by atoms with Gasteiger partial charge in [0.05, 0.1) is 5.54 Å². The van der Waals surface area contributed by atoms with Gasteiger partial charge in [-0.2, -0.15) is 0 Å². The van der Waals surface area contributed by atoms with Crippen LogP contribution in [0, 0.1) is 5.92 Å². The first kappa shape index (κ1) is 17.0. The van der Waals surface area contributed by atoms with Crippen molar-refractivity contribution in [3.8, 4) is 0 Å². The van der Waals surface area contributed by atoms with Crippen molar-refractivity contribution in [2.75, 3.05) is 0 Å². The van der Waals surface area contributed by atoms with Crippen molar-refractivity contribution in [1.82, 2.24) is 10.9 Å². The van der Waals surface area contributed by atoms with Crippen LogP contribution in [0.15, 0.2) is 73.3 Å². The van der Waals surface area contributed by atoms with Gasteiger partial charge in [0.25, 0.3) is 5.91 Å². The summed E-state index contributed by atoms with van der Waals surface area (Å²) < 4.78 is 0. The zero-order valence-corrected chi connectivity index (χ0v) is 13.8. The van der Waals surface area contributed by atoms with E-state index in [-0.39, 0.29) is 11.8 Å². The zero-order chi connectivity index (χ0) is 16.7. The molecule has 2 N–H and O–H groups in total. The summed E-state index contributed by atoms with van der Waals surface area (Å²) >= 11 is 0. The highest BCUT2D eigenvalue weighted by Crippen LogP contribution is 2.33. The molecule has 1 amide bonds. The number of benzene rings is 2. The SMILES string of the molecule is C=C[C@H](C)[C@](CC)(NNC(=O)c1ccccc1)c1ccccc1. The van der Waals surface area contributed by atoms with Crippen LogP contribution >= 0.6 is 0 Å². The predicted molar refractivity (Wildman–Crippen MR) is 94.8 cm³/mol. The molecule has 0 heterocycles. The molecule has 0 aliphatic carbocycles. The summed E-state index contributed by atoms with van der Waals surface area (Å²) in [5.41, 5.74) is 7.51. The maximum atomic E-state index is 12.4. The largest absolute Gasteiger partial charge is 0.287 e. The smallest absolute Gasteiger partial charge is 0.265 e. The lowest BCUT2D eigenvalue weighted by molar-refractivity contribution is 0.0883. The first-order valence-electron chi connectivity index (χ1n) is 7.94. The Hall–Kier alpha value is -2.39. The molecule has 0 aliphatic rings. The lowest BCUT2D eigenvalue weighted by Gasteiger charge is -2.38. The highest BCUT2D eigenvalue weighted by molar-refractivity contribution is 5.93. The Morgan fingerprint density at radius 1 is 1.13 bits per heavy atom. The fraction of sp³-hybridized carbons (Fsp3) is 0.250. The minimum Gasteiger partial charge on any atom is -0.287 e. The molecule has 0 saturated heterocycles. The van der Waals surface area contributed by atoms with Crippen LogP contribution in [0.4, 0.5) is 0 Å². The topological polar surface area (TPSA) is 41.1 Å². The van der Waals surface area contributed by atoms with Gasteiger partial charge in [0.15, 0.2) is 0 Å². The first-order valence-corrected chi connectivity index (χ1v) is 7.94. The summed E-state index contributed by atoms with van der Waals surface area (Å²) in [6, 6.07) is 19.4. The van der Waals surface area contributed by atoms with Crippen LogP contribution in [-0.4, -0.2) is 5.91 Å². The fourth-order valence-electron chi connectivity index (χ4n) is 2.83. The number of carbonyl (C=O) groups excluding carboxylic acids is 1. The molecule has 3 heteroatoms. The third kappa shape index (κ3) is 3.69. The van der Waals surface area contributed by atoms with Crippen molar-refractivity contribution in [3.05, 3.63) is 84.4 Å². The highest BCUT2D eigenvalue weighted by Gasteiger charge is 2.35. The van der Waals surface area contributed by atoms with Crippen molar-refractivity contribution in [1.29, 1.82) is 0 Å². The molecule has 2 rings (SSSR count). The number of hydrogen-bond acceptors (Lipinski definition) is 2. The van der Waals surface area contributed by atoms with Gasteiger partial charge in [0.1, 0.15) is 0 Å². The van der Waals surface area contributed by atoms with Crippen molar-refractivity contribution >= 4 is 5.91 Å². The first-order chi connectivity index (χ1) is 11.1. The lowest BCUT2D eigenvalue weighted by Crippen LogP contribution is -2.55. The molecule has 0 spiro atoms. The van der Waals surface area contributed by atoms with Gasteiger partial charge in [-0.1, -0.05) is 68.5 Å². The lowest BCUT2D eigenvalue weighted by atomic mass is 9.77. The van der Waals surface area contributed by atoms with Crippen LogP contribution in [0.3, 0.4) is 0 Å². The molecule has 23 heavy (non-hydrogen) atoms. The number of hydrazine groups is 1. The number of amides is 1. The second-order valence-electron chi connectivity index (χ2n) is 5.66. The third-order valence-corrected chi connectivity index (χ3v) is 4.41. The van der Waals surface area contributed by atoms with E-state index in [0.717, 1.165) is 12.0 Å². The average Bonchev–Trinajstić information content (AvgIpc) is 2.63. The van der Waals surface area contributed by atoms with Gasteiger partial charge in [0, 0.05) is 5.56 Å². The fourth-order valence-corrected chi connectivity index (χ4v) is 2.83. The average molecular weight is 308 g/mol. The van der Waals surface area contributed by atoms with Crippen LogP contribution in [0.1, 0.15) is 36.2 Å². The van der Waals surface area contributed by atoms with Crippen LogP contribution in [0.2, 0.25) is 0 Å². The van der Waals surface area contributed by atoms with Gasteiger partial charge in [-0.3, -0.25) is 10.2 Å². The Balaban J connectivity index is 2.25. The van der Waals surface area contributed by atoms with Crippen LogP contribution in [0.25, 0.3) is 0 Å². The van der Waals surface area contributed by atoms with Crippen molar-refractivity contribution < 1.29 is 4.79 Å². The van der Waals surface area contributed by atoms with E-state index < -0.39 is 5.54 Å². The van der Waals surface area contributed by atoms with Crippen molar-refractivity contribution in [3.63, 3.8) is 0 Å². The van der Waals surface area contributed by atoms with Gasteiger partial charge in [-0.15, -0.1) is 6.58 Å². The second kappa shape index (κ2) is 7.75. The summed E-state index contributed by atoms with van der Waals surface area (Å²) in [6.45, 7) is 8.14. The molecule has 3 nitrogen and oxygen atoms in total. The van der Waals surface area contributed by atoms with E-state index in [1.54, 1.807) is 12.1 Å². The molecule has 2 aromatic carbocycles. The second-order valence-corrected chi connectivity index (χ2v) is 5.66. The van der Waals surface area contributed by atoms with Crippen LogP contribution in [0.5, 0.6) is 0 Å². The number of rotatable bonds is 7. The molecular formula is C20H24N2O. The molecular weight excluding hydrogens is 284 g/mol. The van der Waals surface area contributed by atoms with Gasteiger partial charge >= 0.3 is 0 Å². The standard InChI is InChI=1S/C20H24N2O/c1-4-16(3)20(5-2,18-14-10-7-11-15-18)22-21-19(23)17-12-8-6-9-13-17/h4,6-16,22H,1,5H2,2-3H3,(H,21,23)/t16-,20-/m0/s1. The number of carbonyl (C=O) groups is 1. The summed E-state index contributed by atoms with van der Waals surface area (Å²) in [4.78, 5) is 12.4. The third-order valence-electron chi connectivity index (χ3n) is 4.41. The van der Waals surface area contributed by atoms with E-state index in [2.05, 4.69) is 43.4 Å². The maximum absolute atomic E-state index is 12.4. The Labute approximate surface area is 138 Å². The Morgan fingerprint density at radius 3 is 2.22 bits per heavy atom. The predicted octanol–water partition coefficient (Wildman–Crippen LogP) is 4.05. The molecule has 0 unspecified atom stereocenters. The van der Waals surface area contributed by atoms with E-state index in [0.29, 0.717) is 5.56 Å². The summed E-state index contributed by atoms with van der Waals surface area (Å²) in [7, 11) is 0. The minimum absolute atomic E-state index is 0.143. The number of hydrogen-bond donors (Lipinski definition) is 2. The summed E-state index contributed by atoms with van der Waals surface area (Å²) in [6.07, 6.45) is 2.73. The summed E-state index contributed by atoms with van der Waals surface area (Å²) in [5.74, 6) is 0.00147. The van der Waals surface area contributed by atoms with Crippen molar-refractivity contribution in [2.45, 2.75) is 25.8 Å². The van der Waals surface area contributed by atoms with Crippen LogP contribution in [-0.2, 0) is 5.54 Å². The van der Waals surface area contributed by atoms with E-state index in [9.17, 15) is 4.79 Å². The maximum Gasteiger partial charge on any atom is 0.265 e.